The average molecular weight is 232 g/mol. The predicted octanol–water partition coefficient (Wildman–Crippen LogP) is -2.66. The van der Waals surface area contributed by atoms with Crippen LogP contribution >= 0.6 is 0 Å². The number of nitrogens with one attached hydrogen (secondary N) is 2. The molecular formula is C4H4MgN2O6S. The third-order valence-electron chi connectivity index (χ3n) is 0.686. The van der Waals surface area contributed by atoms with E-state index in [4.69, 9.17) is 17.5 Å². The van der Waals surface area contributed by atoms with Gasteiger partial charge >= 0.3 is 28.7 Å². The van der Waals surface area contributed by atoms with Crippen molar-refractivity contribution < 1.29 is 17.5 Å². The Morgan fingerprint density at radius 2 is 1.64 bits per heavy atom. The molecule has 0 fully saturated rings. The van der Waals surface area contributed by atoms with Gasteiger partial charge in [-0.15, -0.1) is 0 Å². The summed E-state index contributed by atoms with van der Waals surface area (Å²) in [6.45, 7) is 0. The van der Waals surface area contributed by atoms with E-state index in [2.05, 4.69) is 4.98 Å². The van der Waals surface area contributed by atoms with Crippen LogP contribution in [0.2, 0.25) is 0 Å². The van der Waals surface area contributed by atoms with Gasteiger partial charge in [0.2, 0.25) is 0 Å². The summed E-state index contributed by atoms with van der Waals surface area (Å²) in [6.07, 6.45) is 1.29. The minimum Gasteiger partial charge on any atom is -0.759 e. The van der Waals surface area contributed by atoms with Crippen LogP contribution in [0.25, 0.3) is 0 Å². The number of hydrogen-bond donors (Lipinski definition) is 2. The smallest absolute Gasteiger partial charge is 0.759 e. The number of rotatable bonds is 0. The monoisotopic (exact) mass is 232 g/mol. The molecule has 0 unspecified atom stereocenters. The molecule has 0 saturated carbocycles. The minimum atomic E-state index is -5.17. The van der Waals surface area contributed by atoms with E-state index in [1.165, 1.54) is 12.3 Å². The topological polar surface area (TPSA) is 146 Å². The zero-order chi connectivity index (χ0) is 10.5. The number of aromatic nitrogens is 2. The van der Waals surface area contributed by atoms with Crippen LogP contribution in [-0.2, 0) is 10.4 Å². The molecule has 2 N–H and O–H groups in total. The summed E-state index contributed by atoms with van der Waals surface area (Å²) in [5.41, 5.74) is -0.855. The molecule has 1 rings (SSSR count). The Hall–Kier alpha value is -0.684. The van der Waals surface area contributed by atoms with Crippen LogP contribution in [0.3, 0.4) is 0 Å². The Bertz CT molecular complexity index is 428. The normalized spacial score (nSPS) is 9.29. The quantitative estimate of drug-likeness (QED) is 0.284. The fraction of sp³-hybridized carbons (Fsp3) is 0. The maximum atomic E-state index is 10.2. The molecule has 8 nitrogen and oxygen atoms in total. The van der Waals surface area contributed by atoms with Crippen molar-refractivity contribution in [2.75, 3.05) is 0 Å². The third kappa shape index (κ3) is 13.9. The molecule has 0 bridgehead atoms. The van der Waals surface area contributed by atoms with Crippen LogP contribution in [-0.4, -0.2) is 50.5 Å². The predicted molar refractivity (Wildman–Crippen MR) is 43.9 cm³/mol. The summed E-state index contributed by atoms with van der Waals surface area (Å²) < 4.78 is 34.1. The van der Waals surface area contributed by atoms with Gasteiger partial charge < -0.3 is 14.1 Å². The van der Waals surface area contributed by atoms with Gasteiger partial charge in [0, 0.05) is 22.7 Å². The van der Waals surface area contributed by atoms with Crippen LogP contribution in [0, 0.1) is 0 Å². The van der Waals surface area contributed by atoms with Crippen molar-refractivity contribution in [1.29, 1.82) is 0 Å². The van der Waals surface area contributed by atoms with Crippen molar-refractivity contribution in [3.8, 4) is 0 Å². The van der Waals surface area contributed by atoms with E-state index in [-0.39, 0.29) is 28.6 Å². The van der Waals surface area contributed by atoms with Crippen molar-refractivity contribution in [2.24, 2.45) is 0 Å². The van der Waals surface area contributed by atoms with Gasteiger partial charge in [-0.25, -0.2) is 4.79 Å². The SMILES string of the molecule is O=S(=O)([O-])[O-].O=c1cc[nH]c(=O)[nH]1.[Mg+2]. The molecule has 0 atom stereocenters. The van der Waals surface area contributed by atoms with Gasteiger partial charge in [0.05, 0.1) is 0 Å². The summed E-state index contributed by atoms with van der Waals surface area (Å²) in [7, 11) is -5.17. The molecule has 1 heterocycles. The summed E-state index contributed by atoms with van der Waals surface area (Å²) in [6, 6.07) is 1.24. The van der Waals surface area contributed by atoms with Gasteiger partial charge in [-0.1, -0.05) is 0 Å². The molecule has 1 aromatic heterocycles. The van der Waals surface area contributed by atoms with E-state index in [0.29, 0.717) is 0 Å². The van der Waals surface area contributed by atoms with Crippen LogP contribution in [0.1, 0.15) is 0 Å². The Kier molecular flexibility index (Phi) is 7.58. The first-order chi connectivity index (χ1) is 5.79. The summed E-state index contributed by atoms with van der Waals surface area (Å²) in [5.74, 6) is 0. The Morgan fingerprint density at radius 3 is 1.86 bits per heavy atom. The minimum absolute atomic E-state index is 0. The van der Waals surface area contributed by atoms with E-state index in [1.807, 2.05) is 4.98 Å². The number of H-pyrrole nitrogens is 2. The molecule has 0 aliphatic heterocycles. The van der Waals surface area contributed by atoms with Crippen molar-refractivity contribution >= 4 is 33.5 Å². The van der Waals surface area contributed by atoms with Crippen LogP contribution in [0.5, 0.6) is 0 Å². The van der Waals surface area contributed by atoms with Gasteiger partial charge in [0.15, 0.2) is 0 Å². The molecule has 1 aromatic rings. The van der Waals surface area contributed by atoms with E-state index in [0.717, 1.165) is 0 Å². The second-order valence-corrected chi connectivity index (χ2v) is 2.52. The molecule has 0 spiro atoms. The molecule has 0 aromatic carbocycles. The first-order valence-corrected chi connectivity index (χ1v) is 4.07. The fourth-order valence-electron chi connectivity index (χ4n) is 0.383. The number of hydrogen-bond acceptors (Lipinski definition) is 6. The van der Waals surface area contributed by atoms with E-state index >= 15 is 0 Å². The molecule has 14 heavy (non-hydrogen) atoms. The summed E-state index contributed by atoms with van der Waals surface area (Å²) >= 11 is 0. The van der Waals surface area contributed by atoms with Crippen LogP contribution in [0.4, 0.5) is 0 Å². The fourth-order valence-corrected chi connectivity index (χ4v) is 0.383. The van der Waals surface area contributed by atoms with Crippen molar-refractivity contribution in [3.05, 3.63) is 33.1 Å². The third-order valence-corrected chi connectivity index (χ3v) is 0.686. The second-order valence-electron chi connectivity index (χ2n) is 1.70. The van der Waals surface area contributed by atoms with Crippen LogP contribution in [0.15, 0.2) is 21.9 Å². The Morgan fingerprint density at radius 1 is 1.21 bits per heavy atom. The zero-order valence-corrected chi connectivity index (χ0v) is 8.95. The Labute approximate surface area is 94.1 Å². The zero-order valence-electron chi connectivity index (χ0n) is 6.72. The van der Waals surface area contributed by atoms with Crippen molar-refractivity contribution in [3.63, 3.8) is 0 Å². The molecule has 0 amide bonds. The average Bonchev–Trinajstić information content (AvgIpc) is 1.81. The summed E-state index contributed by atoms with van der Waals surface area (Å²) in [4.78, 5) is 24.7. The largest absolute Gasteiger partial charge is 2.00 e. The molecule has 10 heteroatoms. The van der Waals surface area contributed by atoms with E-state index < -0.39 is 16.1 Å². The van der Waals surface area contributed by atoms with Gasteiger partial charge in [0.1, 0.15) is 0 Å². The van der Waals surface area contributed by atoms with Crippen LogP contribution < -0.4 is 11.2 Å². The molecular weight excluding hydrogens is 228 g/mol. The van der Waals surface area contributed by atoms with E-state index in [9.17, 15) is 9.59 Å². The second kappa shape index (κ2) is 6.72. The molecule has 0 radical (unpaired) electrons. The van der Waals surface area contributed by atoms with Gasteiger partial charge in [-0.2, -0.15) is 0 Å². The maximum Gasteiger partial charge on any atom is 2.00 e. The van der Waals surface area contributed by atoms with Gasteiger partial charge in [0.25, 0.3) is 5.56 Å². The standard InChI is InChI=1S/C4H4N2O2.Mg.H2O4S/c7-3-1-2-5-4(8)6-3;;1-5(2,3)4/h1-2H,(H2,5,6,7,8);;(H2,1,2,3,4)/q;+2;/p-2. The first kappa shape index (κ1) is 15.8. The van der Waals surface area contributed by atoms with Gasteiger partial charge in [-0.05, 0) is 0 Å². The van der Waals surface area contributed by atoms with Crippen molar-refractivity contribution in [2.45, 2.75) is 0 Å². The van der Waals surface area contributed by atoms with Gasteiger partial charge in [-0.3, -0.25) is 18.2 Å². The first-order valence-electron chi connectivity index (χ1n) is 2.74. The molecule has 0 aliphatic carbocycles. The van der Waals surface area contributed by atoms with E-state index in [1.54, 1.807) is 0 Å². The molecule has 0 saturated heterocycles. The Balaban J connectivity index is 0. The summed E-state index contributed by atoms with van der Waals surface area (Å²) in [5, 5.41) is 0. The molecule has 0 aliphatic rings. The van der Waals surface area contributed by atoms with Crippen molar-refractivity contribution in [1.82, 2.24) is 9.97 Å². The maximum absolute atomic E-state index is 10.2. The molecule has 74 valence electrons. The number of aromatic amines is 2.